The van der Waals surface area contributed by atoms with Crippen molar-refractivity contribution in [2.75, 3.05) is 13.7 Å². The number of allylic oxidation sites excluding steroid dienone is 1. The molecule has 9 rings (SSSR count). The monoisotopic (exact) mass is 853 g/mol. The standard InChI is InChI=1S/C44H51N7O9S/c1-58-37-20-12-10-16-31(37)35-24-38(51-39(45-35)32-17-9-11-18-33(32)48-51)59-29-23-36-40(52)47-44(42(54)49-61(56,57)30-21-22-30)25-27(44)13-5-3-2-4-6-19-34(41(53)50(36)26-29)46-43(55)60-28-14-7-8-15-28/h5,9-13,16-18,20,24,27-30,34,36H,2-4,6-8,14-15,19,21-23,25-26H2,1H3,(H,46,55)(H,47,52)(H,49,54)/t27-,29-,34+,36+,44-/m1/s1. The molecular weight excluding hydrogens is 803 g/mol. The van der Waals surface area contributed by atoms with Crippen LogP contribution in [0.25, 0.3) is 27.8 Å². The van der Waals surface area contributed by atoms with E-state index in [4.69, 9.17) is 24.3 Å². The molecule has 322 valence electrons. The lowest BCUT2D eigenvalue weighted by atomic mass is 10.0. The highest BCUT2D eigenvalue weighted by Crippen LogP contribution is 2.46. The van der Waals surface area contributed by atoms with Gasteiger partial charge in [0.25, 0.3) is 5.91 Å². The molecule has 1 saturated heterocycles. The summed E-state index contributed by atoms with van der Waals surface area (Å²) in [5.41, 5.74) is 0.962. The number of carbonyl (C=O) groups is 4. The first-order valence-electron chi connectivity index (χ1n) is 21.4. The molecule has 4 aromatic rings. The maximum absolute atomic E-state index is 14.8. The number of carbonyl (C=O) groups excluding carboxylic acids is 4. The number of benzene rings is 2. The first-order chi connectivity index (χ1) is 29.5. The predicted octanol–water partition coefficient (Wildman–Crippen LogP) is 4.95. The van der Waals surface area contributed by atoms with Gasteiger partial charge in [-0.25, -0.2) is 18.2 Å². The zero-order valence-electron chi connectivity index (χ0n) is 34.1. The average molecular weight is 854 g/mol. The van der Waals surface area contributed by atoms with Crippen molar-refractivity contribution in [2.24, 2.45) is 5.92 Å². The molecule has 3 saturated carbocycles. The van der Waals surface area contributed by atoms with Gasteiger partial charge in [0.15, 0.2) is 5.65 Å². The number of nitrogens with one attached hydrogen (secondary N) is 3. The topological polar surface area (TPSA) is 200 Å². The number of ether oxygens (including phenoxy) is 3. The number of aromatic nitrogens is 3. The van der Waals surface area contributed by atoms with Gasteiger partial charge in [-0.2, -0.15) is 9.61 Å². The summed E-state index contributed by atoms with van der Waals surface area (Å²) in [5, 5.41) is 10.7. The van der Waals surface area contributed by atoms with Gasteiger partial charge in [-0.15, -0.1) is 0 Å². The van der Waals surface area contributed by atoms with Crippen molar-refractivity contribution in [3.8, 4) is 22.9 Å². The number of fused-ring (bicyclic) bond motifs is 5. The number of hydrogen-bond acceptors (Lipinski definition) is 11. The van der Waals surface area contributed by atoms with E-state index in [2.05, 4.69) is 15.4 Å². The molecule has 17 heteroatoms. The maximum atomic E-state index is 14.8. The molecule has 61 heavy (non-hydrogen) atoms. The number of para-hydroxylation sites is 1. The van der Waals surface area contributed by atoms with Crippen LogP contribution in [0.1, 0.15) is 83.5 Å². The largest absolute Gasteiger partial charge is 0.496 e. The predicted molar refractivity (Wildman–Crippen MR) is 224 cm³/mol. The molecule has 4 amide bonds. The fourth-order valence-electron chi connectivity index (χ4n) is 9.03. The highest BCUT2D eigenvalue weighted by atomic mass is 32.2. The lowest BCUT2D eigenvalue weighted by Crippen LogP contribution is -2.58. The van der Waals surface area contributed by atoms with Crippen LogP contribution in [0, 0.1) is 5.92 Å². The molecule has 0 unspecified atom stereocenters. The minimum atomic E-state index is -3.92. The van der Waals surface area contributed by atoms with Gasteiger partial charge in [-0.3, -0.25) is 19.1 Å². The lowest BCUT2D eigenvalue weighted by Gasteiger charge is -2.30. The van der Waals surface area contributed by atoms with Crippen LogP contribution >= 0.6 is 0 Å². The fraction of sp³-hybridized carbons (Fsp3) is 0.500. The summed E-state index contributed by atoms with van der Waals surface area (Å²) in [4.78, 5) is 63.0. The summed E-state index contributed by atoms with van der Waals surface area (Å²) in [7, 11) is -2.33. The summed E-state index contributed by atoms with van der Waals surface area (Å²) in [6.07, 6.45) is 9.97. The van der Waals surface area contributed by atoms with Crippen LogP contribution in [-0.4, -0.2) is 100 Å². The van der Waals surface area contributed by atoms with E-state index < -0.39 is 68.7 Å². The van der Waals surface area contributed by atoms with Crippen molar-refractivity contribution in [1.82, 2.24) is 34.9 Å². The third-order valence-corrected chi connectivity index (χ3v) is 14.4. The molecule has 3 N–H and O–H groups in total. The highest BCUT2D eigenvalue weighted by Gasteiger charge is 2.62. The Hall–Kier alpha value is -5.71. The molecule has 2 aromatic carbocycles. The first-order valence-corrected chi connectivity index (χ1v) is 23.0. The zero-order chi connectivity index (χ0) is 42.3. The molecule has 0 spiro atoms. The summed E-state index contributed by atoms with van der Waals surface area (Å²) < 4.78 is 48.0. The molecule has 5 aliphatic rings. The normalized spacial score (nSPS) is 26.1. The summed E-state index contributed by atoms with van der Waals surface area (Å²) in [5.74, 6) is -1.44. The van der Waals surface area contributed by atoms with Crippen LogP contribution in [-0.2, 0) is 29.1 Å². The lowest BCUT2D eigenvalue weighted by molar-refractivity contribution is -0.141. The summed E-state index contributed by atoms with van der Waals surface area (Å²) in [6.45, 7) is -0.0417. The van der Waals surface area contributed by atoms with E-state index in [0.717, 1.165) is 49.5 Å². The second kappa shape index (κ2) is 16.6. The Morgan fingerprint density at radius 2 is 1.70 bits per heavy atom. The Morgan fingerprint density at radius 1 is 0.934 bits per heavy atom. The van der Waals surface area contributed by atoms with Crippen molar-refractivity contribution in [3.05, 3.63) is 66.7 Å². The van der Waals surface area contributed by atoms with Gasteiger partial charge in [0, 0.05) is 29.4 Å². The Kier molecular flexibility index (Phi) is 11.1. The summed E-state index contributed by atoms with van der Waals surface area (Å²) >= 11 is 0. The van der Waals surface area contributed by atoms with E-state index in [-0.39, 0.29) is 25.5 Å². The Balaban J connectivity index is 1.06. The Labute approximate surface area is 353 Å². The van der Waals surface area contributed by atoms with Crippen LogP contribution in [0.15, 0.2) is 66.7 Å². The Morgan fingerprint density at radius 3 is 2.51 bits per heavy atom. The van der Waals surface area contributed by atoms with Crippen LogP contribution in [0.5, 0.6) is 11.6 Å². The first kappa shape index (κ1) is 40.7. The molecule has 0 bridgehead atoms. The zero-order valence-corrected chi connectivity index (χ0v) is 34.9. The van der Waals surface area contributed by atoms with Crippen LogP contribution in [0.3, 0.4) is 0 Å². The smallest absolute Gasteiger partial charge is 0.408 e. The number of sulfonamides is 1. The number of rotatable bonds is 9. The maximum Gasteiger partial charge on any atom is 0.408 e. The van der Waals surface area contributed by atoms with Gasteiger partial charge in [0.1, 0.15) is 35.6 Å². The third-order valence-electron chi connectivity index (χ3n) is 12.6. The van der Waals surface area contributed by atoms with E-state index in [0.29, 0.717) is 60.6 Å². The molecule has 4 heterocycles. The average Bonchev–Trinajstić information content (AvgIpc) is 4.06. The van der Waals surface area contributed by atoms with Crippen molar-refractivity contribution in [2.45, 2.75) is 119 Å². The van der Waals surface area contributed by atoms with Gasteiger partial charge in [-0.1, -0.05) is 49.3 Å². The van der Waals surface area contributed by atoms with Gasteiger partial charge < -0.3 is 29.7 Å². The van der Waals surface area contributed by atoms with Crippen molar-refractivity contribution in [1.29, 1.82) is 0 Å². The van der Waals surface area contributed by atoms with Gasteiger partial charge in [-0.05, 0) is 88.5 Å². The van der Waals surface area contributed by atoms with Gasteiger partial charge in [0.2, 0.25) is 27.7 Å². The van der Waals surface area contributed by atoms with E-state index in [1.165, 1.54) is 4.90 Å². The molecular formula is C44H51N7O9S. The van der Waals surface area contributed by atoms with Crippen molar-refractivity contribution >= 4 is 50.4 Å². The Bertz CT molecular complexity index is 2500. The van der Waals surface area contributed by atoms with Crippen molar-refractivity contribution in [3.63, 3.8) is 0 Å². The van der Waals surface area contributed by atoms with Crippen molar-refractivity contribution < 1.29 is 41.8 Å². The third kappa shape index (κ3) is 8.36. The second-order valence-corrected chi connectivity index (χ2v) is 18.9. The van der Waals surface area contributed by atoms with E-state index >= 15 is 0 Å². The van der Waals surface area contributed by atoms with Gasteiger partial charge >= 0.3 is 6.09 Å². The number of hydrogen-bond donors (Lipinski definition) is 3. The molecule has 2 aliphatic heterocycles. The molecule has 5 atom stereocenters. The molecule has 3 aliphatic carbocycles. The fourth-order valence-corrected chi connectivity index (χ4v) is 10.4. The number of alkyl carbamates (subject to hydrolysis) is 1. The minimum Gasteiger partial charge on any atom is -0.496 e. The summed E-state index contributed by atoms with van der Waals surface area (Å²) in [6, 6.07) is 14.7. The van der Waals surface area contributed by atoms with Crippen LogP contribution < -0.4 is 24.8 Å². The SMILES string of the molecule is COc1ccccc1-c1cc(O[C@@H]2C[C@H]3C(=O)N[C@]4(C(=O)NS(=O)(=O)C5CC5)C[C@H]4C=CCCCCC[C@H](NC(=O)OC4CCCC4)C(=O)N3C2)n2nc3ccccc3c2n1. The second-order valence-electron chi connectivity index (χ2n) is 16.9. The van der Waals surface area contributed by atoms with Crippen LogP contribution in [0.2, 0.25) is 0 Å². The molecule has 2 aromatic heterocycles. The quantitative estimate of drug-likeness (QED) is 0.193. The van der Waals surface area contributed by atoms with E-state index in [1.54, 1.807) is 17.7 Å². The molecule has 4 fully saturated rings. The van der Waals surface area contributed by atoms with Crippen LogP contribution in [0.4, 0.5) is 4.79 Å². The highest BCUT2D eigenvalue weighted by molar-refractivity contribution is 7.91. The molecule has 16 nitrogen and oxygen atoms in total. The number of methoxy groups -OCH3 is 1. The minimum absolute atomic E-state index is 0.0178. The molecule has 0 radical (unpaired) electrons. The van der Waals surface area contributed by atoms with E-state index in [1.807, 2.05) is 60.7 Å². The number of amides is 4. The van der Waals surface area contributed by atoms with E-state index in [9.17, 15) is 27.6 Å². The van der Waals surface area contributed by atoms with Gasteiger partial charge in [0.05, 0.1) is 30.1 Å². The number of nitrogens with zero attached hydrogens (tertiary/aromatic N) is 4.